The van der Waals surface area contributed by atoms with Crippen LogP contribution in [0, 0.1) is 6.92 Å². The number of aromatic amines is 1. The summed E-state index contributed by atoms with van der Waals surface area (Å²) in [6.45, 7) is 12.7. The summed E-state index contributed by atoms with van der Waals surface area (Å²) in [7, 11) is -1.68. The average molecular weight is 489 g/mol. The Labute approximate surface area is 197 Å². The zero-order chi connectivity index (χ0) is 24.3. The molecule has 1 aromatic carbocycles. The minimum absolute atomic E-state index is 0.0891. The van der Waals surface area contributed by atoms with Gasteiger partial charge in [-0.15, -0.1) is 11.3 Å². The summed E-state index contributed by atoms with van der Waals surface area (Å²) in [5.74, 6) is -1.39. The van der Waals surface area contributed by atoms with Crippen molar-refractivity contribution < 1.29 is 28.6 Å². The third kappa shape index (κ3) is 5.40. The monoisotopic (exact) mass is 488 g/mol. The van der Waals surface area contributed by atoms with Crippen molar-refractivity contribution in [2.45, 2.75) is 46.1 Å². The van der Waals surface area contributed by atoms with Crippen molar-refractivity contribution in [3.8, 4) is 0 Å². The highest BCUT2D eigenvalue weighted by Gasteiger charge is 2.32. The molecule has 0 aliphatic rings. The van der Waals surface area contributed by atoms with E-state index < -0.39 is 26.0 Å². The van der Waals surface area contributed by atoms with Crippen molar-refractivity contribution >= 4 is 47.7 Å². The minimum atomic E-state index is -1.68. The summed E-state index contributed by atoms with van der Waals surface area (Å²) in [6, 6.07) is 6.24. The van der Waals surface area contributed by atoms with Crippen LogP contribution in [-0.2, 0) is 14.2 Å². The van der Waals surface area contributed by atoms with Crippen LogP contribution in [0.2, 0.25) is 19.6 Å². The first-order valence-corrected chi connectivity index (χ1v) is 15.1. The number of thiophene rings is 1. The van der Waals surface area contributed by atoms with Crippen LogP contribution in [0.5, 0.6) is 0 Å². The van der Waals surface area contributed by atoms with Crippen LogP contribution in [0.3, 0.4) is 0 Å². The van der Waals surface area contributed by atoms with Gasteiger partial charge in [-0.3, -0.25) is 0 Å². The Morgan fingerprint density at radius 2 is 1.73 bits per heavy atom. The fraction of sp³-hybridized carbons (Fsp3) is 0.391. The minimum Gasteiger partial charge on any atom is -0.462 e. The number of nitrogens with zero attached hydrogens (tertiary/aromatic N) is 1. The number of esters is 3. The molecule has 0 aliphatic carbocycles. The third-order valence-corrected chi connectivity index (χ3v) is 8.02. The van der Waals surface area contributed by atoms with E-state index in [4.69, 9.17) is 14.2 Å². The van der Waals surface area contributed by atoms with Gasteiger partial charge in [0.05, 0.1) is 31.3 Å². The van der Waals surface area contributed by atoms with Gasteiger partial charge in [0.25, 0.3) is 0 Å². The normalized spacial score (nSPS) is 12.5. The molecule has 0 fully saturated rings. The van der Waals surface area contributed by atoms with E-state index in [-0.39, 0.29) is 28.3 Å². The molecule has 8 nitrogen and oxygen atoms in total. The van der Waals surface area contributed by atoms with Crippen molar-refractivity contribution in [1.29, 1.82) is 0 Å². The molecule has 0 amide bonds. The van der Waals surface area contributed by atoms with Gasteiger partial charge in [-0.2, -0.15) is 0 Å². The van der Waals surface area contributed by atoms with Gasteiger partial charge in [-0.25, -0.2) is 19.4 Å². The summed E-state index contributed by atoms with van der Waals surface area (Å²) >= 11 is 1.14. The van der Waals surface area contributed by atoms with Crippen molar-refractivity contribution in [3.63, 3.8) is 0 Å². The van der Waals surface area contributed by atoms with Gasteiger partial charge >= 0.3 is 17.9 Å². The van der Waals surface area contributed by atoms with E-state index >= 15 is 0 Å². The molecule has 2 heterocycles. The SMILES string of the molecule is CCOC(=O)c1cccc(C(=O)OC(=O)c2cc3[nH]c(C(OCC)[Si](C)(C)C)nc3s2)c1C. The summed E-state index contributed by atoms with van der Waals surface area (Å²) < 4.78 is 16.0. The molecule has 10 heteroatoms. The van der Waals surface area contributed by atoms with Crippen LogP contribution in [0.1, 0.15) is 61.4 Å². The van der Waals surface area contributed by atoms with Crippen LogP contribution in [0.15, 0.2) is 24.3 Å². The number of aromatic nitrogens is 2. The third-order valence-electron chi connectivity index (χ3n) is 5.00. The lowest BCUT2D eigenvalue weighted by atomic mass is 10.0. The van der Waals surface area contributed by atoms with E-state index in [1.54, 1.807) is 32.0 Å². The number of carbonyl (C=O) groups is 3. The molecule has 0 saturated carbocycles. The molecule has 3 rings (SSSR count). The Balaban J connectivity index is 1.79. The van der Waals surface area contributed by atoms with Crippen molar-refractivity contribution in [1.82, 2.24) is 9.97 Å². The number of hydrogen-bond donors (Lipinski definition) is 1. The number of nitrogens with one attached hydrogen (secondary N) is 1. The van der Waals surface area contributed by atoms with Gasteiger partial charge in [0, 0.05) is 6.61 Å². The second kappa shape index (κ2) is 9.98. The number of carbonyl (C=O) groups excluding carboxylic acids is 3. The largest absolute Gasteiger partial charge is 0.462 e. The Morgan fingerprint density at radius 3 is 2.30 bits per heavy atom. The fourth-order valence-electron chi connectivity index (χ4n) is 3.44. The van der Waals surface area contributed by atoms with Crippen LogP contribution < -0.4 is 0 Å². The van der Waals surface area contributed by atoms with Crippen molar-refractivity contribution in [3.05, 3.63) is 51.7 Å². The second-order valence-electron chi connectivity index (χ2n) is 8.53. The summed E-state index contributed by atoms with van der Waals surface area (Å²) in [5, 5.41) is 0. The Bertz CT molecular complexity index is 1160. The fourth-order valence-corrected chi connectivity index (χ4v) is 5.93. The molecule has 176 valence electrons. The molecule has 0 aliphatic heterocycles. The highest BCUT2D eigenvalue weighted by atomic mass is 32.1. The molecule has 1 unspecified atom stereocenters. The number of H-pyrrole nitrogens is 1. The summed E-state index contributed by atoms with van der Waals surface area (Å²) in [5.41, 5.74) is 1.38. The van der Waals surface area contributed by atoms with Gasteiger partial charge in [-0.1, -0.05) is 25.7 Å². The number of benzene rings is 1. The zero-order valence-electron chi connectivity index (χ0n) is 19.6. The molecule has 1 atom stereocenters. The van der Waals surface area contributed by atoms with E-state index in [2.05, 4.69) is 29.6 Å². The summed E-state index contributed by atoms with van der Waals surface area (Å²) in [6.07, 6.45) is 0. The summed E-state index contributed by atoms with van der Waals surface area (Å²) in [4.78, 5) is 46.1. The molecule has 0 saturated heterocycles. The zero-order valence-corrected chi connectivity index (χ0v) is 21.4. The number of ether oxygens (including phenoxy) is 3. The van der Waals surface area contributed by atoms with Gasteiger partial charge in [0.2, 0.25) is 0 Å². The molecule has 2 aromatic heterocycles. The van der Waals surface area contributed by atoms with Crippen molar-refractivity contribution in [2.24, 2.45) is 0 Å². The Kier molecular flexibility index (Phi) is 7.50. The Morgan fingerprint density at radius 1 is 1.06 bits per heavy atom. The predicted octanol–water partition coefficient (Wildman–Crippen LogP) is 5.06. The molecule has 0 bridgehead atoms. The van der Waals surface area contributed by atoms with E-state index in [0.29, 0.717) is 22.5 Å². The van der Waals surface area contributed by atoms with Gasteiger partial charge in [-0.05, 0) is 44.5 Å². The highest BCUT2D eigenvalue weighted by molar-refractivity contribution is 7.20. The number of rotatable bonds is 8. The van der Waals surface area contributed by atoms with Crippen LogP contribution in [0.4, 0.5) is 0 Å². The maximum absolute atomic E-state index is 12.6. The molecule has 0 radical (unpaired) electrons. The molecular weight excluding hydrogens is 460 g/mol. The quantitative estimate of drug-likeness (QED) is 0.268. The van der Waals surface area contributed by atoms with Gasteiger partial charge in [0.1, 0.15) is 21.3 Å². The first kappa shape index (κ1) is 24.8. The van der Waals surface area contributed by atoms with E-state index in [9.17, 15) is 14.4 Å². The van der Waals surface area contributed by atoms with Crippen LogP contribution in [0.25, 0.3) is 10.3 Å². The van der Waals surface area contributed by atoms with Crippen LogP contribution in [-0.4, -0.2) is 49.2 Å². The van der Waals surface area contributed by atoms with E-state index in [0.717, 1.165) is 17.2 Å². The molecular formula is C23H28N2O6SSi. The topological polar surface area (TPSA) is 108 Å². The lowest BCUT2D eigenvalue weighted by Gasteiger charge is -2.26. The molecule has 0 spiro atoms. The first-order chi connectivity index (χ1) is 15.6. The number of hydrogen-bond acceptors (Lipinski definition) is 8. The first-order valence-electron chi connectivity index (χ1n) is 10.7. The molecule has 33 heavy (non-hydrogen) atoms. The van der Waals surface area contributed by atoms with Crippen molar-refractivity contribution in [2.75, 3.05) is 13.2 Å². The Hall–Kier alpha value is -2.82. The maximum Gasteiger partial charge on any atom is 0.356 e. The van der Waals surface area contributed by atoms with Crippen LogP contribution >= 0.6 is 11.3 Å². The predicted molar refractivity (Wildman–Crippen MR) is 129 cm³/mol. The number of imidazole rings is 1. The van der Waals surface area contributed by atoms with E-state index in [1.165, 1.54) is 6.07 Å². The highest BCUT2D eigenvalue weighted by Crippen LogP contribution is 2.31. The van der Waals surface area contributed by atoms with Gasteiger partial charge in [0.15, 0.2) is 0 Å². The lowest BCUT2D eigenvalue weighted by Crippen LogP contribution is -2.33. The van der Waals surface area contributed by atoms with E-state index in [1.807, 2.05) is 6.92 Å². The standard InChI is InChI=1S/C23H28N2O6SSi/c1-7-29-20(26)14-10-9-11-15(13(14)3)21(27)31-22(28)17-12-16-19(32-17)25-18(24-16)23(30-8-2)33(4,5)6/h9-12,23H,7-8H2,1-6H3,(H,24,25). The number of fused-ring (bicyclic) bond motifs is 1. The lowest BCUT2D eigenvalue weighted by molar-refractivity contribution is 0.0400. The molecule has 3 aromatic rings. The smallest absolute Gasteiger partial charge is 0.356 e. The maximum atomic E-state index is 12.6. The second-order valence-corrected chi connectivity index (χ2v) is 14.8. The average Bonchev–Trinajstić information content (AvgIpc) is 3.30. The van der Waals surface area contributed by atoms with Gasteiger partial charge < -0.3 is 19.2 Å². The molecule has 1 N–H and O–H groups in total.